The van der Waals surface area contributed by atoms with Gasteiger partial charge in [0.2, 0.25) is 0 Å². The number of nitrogens with one attached hydrogen (secondary N) is 1. The van der Waals surface area contributed by atoms with E-state index in [-0.39, 0.29) is 11.9 Å². The Hall–Kier alpha value is -1.96. The van der Waals surface area contributed by atoms with Crippen LogP contribution < -0.4 is 10.1 Å². The fraction of sp³-hybridized carbons (Fsp3) is 0.467. The number of aromatic nitrogens is 4. The predicted octanol–water partition coefficient (Wildman–Crippen LogP) is 3.03. The van der Waals surface area contributed by atoms with Crippen LogP contribution in [0.5, 0.6) is 5.75 Å². The maximum atomic E-state index is 12.4. The predicted molar refractivity (Wildman–Crippen MR) is 90.2 cm³/mol. The highest BCUT2D eigenvalue weighted by Crippen LogP contribution is 2.21. The SMILES string of the molecule is CCCCn1nnc(NC(=O)C(C)(C)Oc2ccc(Br)cc2)n1. The van der Waals surface area contributed by atoms with Gasteiger partial charge >= 0.3 is 0 Å². The summed E-state index contributed by atoms with van der Waals surface area (Å²) < 4.78 is 6.69. The second kappa shape index (κ2) is 7.54. The summed E-state index contributed by atoms with van der Waals surface area (Å²) in [5.41, 5.74) is -1.07. The molecule has 1 aromatic heterocycles. The number of anilines is 1. The summed E-state index contributed by atoms with van der Waals surface area (Å²) in [6.07, 6.45) is 2.00. The molecule has 7 nitrogen and oxygen atoms in total. The smallest absolute Gasteiger partial charge is 0.270 e. The van der Waals surface area contributed by atoms with Crippen LogP contribution in [-0.2, 0) is 11.3 Å². The van der Waals surface area contributed by atoms with Crippen LogP contribution in [0.4, 0.5) is 5.95 Å². The molecule has 23 heavy (non-hydrogen) atoms. The van der Waals surface area contributed by atoms with Gasteiger partial charge in [-0.05, 0) is 49.7 Å². The van der Waals surface area contributed by atoms with E-state index in [1.807, 2.05) is 12.1 Å². The summed E-state index contributed by atoms with van der Waals surface area (Å²) in [6.45, 7) is 6.14. The van der Waals surface area contributed by atoms with Crippen molar-refractivity contribution in [2.24, 2.45) is 0 Å². The van der Waals surface area contributed by atoms with Gasteiger partial charge in [0.05, 0.1) is 6.54 Å². The molecule has 1 amide bonds. The molecule has 0 atom stereocenters. The van der Waals surface area contributed by atoms with E-state index in [0.29, 0.717) is 12.3 Å². The number of unbranched alkanes of at least 4 members (excludes halogenated alkanes) is 1. The topological polar surface area (TPSA) is 81.9 Å². The third-order valence-corrected chi connectivity index (χ3v) is 3.65. The fourth-order valence-electron chi connectivity index (χ4n) is 1.78. The summed E-state index contributed by atoms with van der Waals surface area (Å²) in [5.74, 6) is 0.446. The van der Waals surface area contributed by atoms with Gasteiger partial charge in [0, 0.05) is 4.47 Å². The molecule has 0 saturated heterocycles. The van der Waals surface area contributed by atoms with Crippen LogP contribution in [0.15, 0.2) is 28.7 Å². The summed E-state index contributed by atoms with van der Waals surface area (Å²) in [4.78, 5) is 13.8. The Labute approximate surface area is 143 Å². The summed E-state index contributed by atoms with van der Waals surface area (Å²) in [7, 11) is 0. The molecule has 8 heteroatoms. The molecular weight excluding hydrogens is 362 g/mol. The molecule has 0 aliphatic carbocycles. The fourth-order valence-corrected chi connectivity index (χ4v) is 2.05. The largest absolute Gasteiger partial charge is 0.478 e. The number of hydrogen-bond donors (Lipinski definition) is 1. The zero-order valence-corrected chi connectivity index (χ0v) is 15.0. The molecule has 1 heterocycles. The highest BCUT2D eigenvalue weighted by Gasteiger charge is 2.31. The Morgan fingerprint density at radius 3 is 2.70 bits per heavy atom. The molecular formula is C15H20BrN5O2. The first-order chi connectivity index (χ1) is 10.9. The van der Waals surface area contributed by atoms with Crippen molar-refractivity contribution in [2.75, 3.05) is 5.32 Å². The highest BCUT2D eigenvalue weighted by atomic mass is 79.9. The van der Waals surface area contributed by atoms with Gasteiger partial charge in [-0.25, -0.2) is 0 Å². The lowest BCUT2D eigenvalue weighted by Gasteiger charge is -2.24. The Balaban J connectivity index is 1.97. The molecule has 2 aromatic rings. The molecule has 0 aliphatic heterocycles. The van der Waals surface area contributed by atoms with Crippen LogP contribution in [-0.4, -0.2) is 31.7 Å². The molecule has 0 fully saturated rings. The van der Waals surface area contributed by atoms with E-state index in [1.54, 1.807) is 26.0 Å². The van der Waals surface area contributed by atoms with Crippen molar-refractivity contribution < 1.29 is 9.53 Å². The van der Waals surface area contributed by atoms with Crippen LogP contribution >= 0.6 is 15.9 Å². The van der Waals surface area contributed by atoms with Crippen molar-refractivity contribution in [2.45, 2.75) is 45.8 Å². The molecule has 0 spiro atoms. The monoisotopic (exact) mass is 381 g/mol. The van der Waals surface area contributed by atoms with E-state index >= 15 is 0 Å². The minimum atomic E-state index is -1.07. The third kappa shape index (κ3) is 5.02. The molecule has 0 unspecified atom stereocenters. The van der Waals surface area contributed by atoms with Crippen molar-refractivity contribution in [3.05, 3.63) is 28.7 Å². The van der Waals surface area contributed by atoms with E-state index in [9.17, 15) is 4.79 Å². The Bertz CT molecular complexity index is 654. The van der Waals surface area contributed by atoms with Gasteiger partial charge in [-0.15, -0.1) is 5.10 Å². The Kier molecular flexibility index (Phi) is 5.70. The van der Waals surface area contributed by atoms with E-state index in [4.69, 9.17) is 4.74 Å². The van der Waals surface area contributed by atoms with Crippen molar-refractivity contribution in [1.29, 1.82) is 0 Å². The summed E-state index contributed by atoms with van der Waals surface area (Å²) in [6, 6.07) is 7.28. The maximum absolute atomic E-state index is 12.4. The van der Waals surface area contributed by atoms with Crippen LogP contribution in [0.2, 0.25) is 0 Å². The number of carbonyl (C=O) groups excluding carboxylic acids is 1. The highest BCUT2D eigenvalue weighted by molar-refractivity contribution is 9.10. The van der Waals surface area contributed by atoms with Crippen molar-refractivity contribution in [1.82, 2.24) is 20.2 Å². The van der Waals surface area contributed by atoms with Gasteiger partial charge in [0.25, 0.3) is 11.9 Å². The van der Waals surface area contributed by atoms with Crippen LogP contribution in [0.25, 0.3) is 0 Å². The standard InChI is InChI=1S/C15H20BrN5O2/c1-4-5-10-21-19-14(18-20-21)17-13(22)15(2,3)23-12-8-6-11(16)7-9-12/h6-9H,4-5,10H2,1-3H3,(H,17,19,22). The minimum Gasteiger partial charge on any atom is -0.478 e. The third-order valence-electron chi connectivity index (χ3n) is 3.12. The number of amides is 1. The quantitative estimate of drug-likeness (QED) is 0.796. The summed E-state index contributed by atoms with van der Waals surface area (Å²) in [5, 5.41) is 14.5. The molecule has 0 bridgehead atoms. The number of nitrogens with zero attached hydrogens (tertiary/aromatic N) is 4. The second-order valence-electron chi connectivity index (χ2n) is 5.58. The minimum absolute atomic E-state index is 0.179. The lowest BCUT2D eigenvalue weighted by Crippen LogP contribution is -2.42. The number of halogens is 1. The maximum Gasteiger partial charge on any atom is 0.270 e. The second-order valence-corrected chi connectivity index (χ2v) is 6.50. The van der Waals surface area contributed by atoms with Crippen molar-refractivity contribution in [3.8, 4) is 5.75 Å². The van der Waals surface area contributed by atoms with Crippen LogP contribution in [0, 0.1) is 0 Å². The van der Waals surface area contributed by atoms with Gasteiger partial charge in [-0.1, -0.05) is 34.4 Å². The molecule has 0 saturated carbocycles. The lowest BCUT2D eigenvalue weighted by molar-refractivity contribution is -0.128. The van der Waals surface area contributed by atoms with Gasteiger partial charge in [0.15, 0.2) is 5.60 Å². The van der Waals surface area contributed by atoms with E-state index in [1.165, 1.54) is 4.80 Å². The first-order valence-corrected chi connectivity index (χ1v) is 8.24. The number of rotatable bonds is 7. The number of carbonyl (C=O) groups is 1. The normalized spacial score (nSPS) is 11.3. The van der Waals surface area contributed by atoms with Crippen molar-refractivity contribution >= 4 is 27.8 Å². The molecule has 2 rings (SSSR count). The molecule has 0 radical (unpaired) electrons. The number of benzene rings is 1. The summed E-state index contributed by atoms with van der Waals surface area (Å²) >= 11 is 3.36. The number of hydrogen-bond acceptors (Lipinski definition) is 5. The molecule has 1 aromatic carbocycles. The Morgan fingerprint density at radius 2 is 2.04 bits per heavy atom. The van der Waals surface area contributed by atoms with E-state index in [0.717, 1.165) is 17.3 Å². The molecule has 0 aliphatic rings. The van der Waals surface area contributed by atoms with Gasteiger partial charge in [0.1, 0.15) is 5.75 Å². The average Bonchev–Trinajstić information content (AvgIpc) is 2.95. The van der Waals surface area contributed by atoms with Gasteiger partial charge in [-0.2, -0.15) is 4.80 Å². The Morgan fingerprint density at radius 1 is 1.35 bits per heavy atom. The first-order valence-electron chi connectivity index (χ1n) is 7.44. The average molecular weight is 382 g/mol. The molecule has 124 valence electrons. The van der Waals surface area contributed by atoms with E-state index in [2.05, 4.69) is 43.6 Å². The van der Waals surface area contributed by atoms with E-state index < -0.39 is 5.60 Å². The van der Waals surface area contributed by atoms with Gasteiger partial charge in [-0.3, -0.25) is 10.1 Å². The van der Waals surface area contributed by atoms with Crippen LogP contribution in [0.1, 0.15) is 33.6 Å². The number of tetrazole rings is 1. The van der Waals surface area contributed by atoms with Gasteiger partial charge < -0.3 is 4.74 Å². The zero-order valence-electron chi connectivity index (χ0n) is 13.4. The number of aryl methyl sites for hydroxylation is 1. The van der Waals surface area contributed by atoms with Crippen LogP contribution in [0.3, 0.4) is 0 Å². The first kappa shape index (κ1) is 17.4. The zero-order chi connectivity index (χ0) is 16.9. The molecule has 1 N–H and O–H groups in total. The van der Waals surface area contributed by atoms with Crippen molar-refractivity contribution in [3.63, 3.8) is 0 Å². The number of ether oxygens (including phenoxy) is 1. The lowest BCUT2D eigenvalue weighted by atomic mass is 10.1.